The predicted molar refractivity (Wildman–Crippen MR) is 100 cm³/mol. The van der Waals surface area contributed by atoms with Gasteiger partial charge in [-0.1, -0.05) is 23.5 Å². The van der Waals surface area contributed by atoms with Crippen molar-refractivity contribution in [2.24, 2.45) is 12.0 Å². The molecule has 2 aromatic carbocycles. The van der Waals surface area contributed by atoms with Gasteiger partial charge in [0, 0.05) is 37.4 Å². The standard InChI is InChI=1S/C17H12N4O5S/c1-19-14-10-13(21(25)26)6-7-15(14)27-17(19)18-16(22)8-5-11-3-2-4-12(9-11)20(23)24/h2-10H,1H3. The molecule has 10 heteroatoms. The molecule has 9 nitrogen and oxygen atoms in total. The van der Waals surface area contributed by atoms with E-state index in [-0.39, 0.29) is 11.4 Å². The normalized spacial score (nSPS) is 12.0. The van der Waals surface area contributed by atoms with Crippen LogP contribution >= 0.6 is 11.3 Å². The number of hydrogen-bond acceptors (Lipinski definition) is 6. The van der Waals surface area contributed by atoms with Crippen LogP contribution < -0.4 is 4.80 Å². The van der Waals surface area contributed by atoms with Crippen LogP contribution in [0.2, 0.25) is 0 Å². The summed E-state index contributed by atoms with van der Waals surface area (Å²) in [6, 6.07) is 10.3. The summed E-state index contributed by atoms with van der Waals surface area (Å²) in [6.07, 6.45) is 2.66. The number of benzene rings is 2. The molecule has 0 bridgehead atoms. The van der Waals surface area contributed by atoms with Crippen LogP contribution in [-0.2, 0) is 11.8 Å². The first-order chi connectivity index (χ1) is 12.8. The fourth-order valence-electron chi connectivity index (χ4n) is 2.38. The van der Waals surface area contributed by atoms with Crippen LogP contribution in [0.5, 0.6) is 0 Å². The number of nitro benzene ring substituents is 2. The van der Waals surface area contributed by atoms with Crippen molar-refractivity contribution < 1.29 is 14.6 Å². The van der Waals surface area contributed by atoms with E-state index in [0.717, 1.165) is 4.70 Å². The maximum absolute atomic E-state index is 12.1. The Kier molecular flexibility index (Phi) is 4.90. The summed E-state index contributed by atoms with van der Waals surface area (Å²) in [7, 11) is 1.67. The van der Waals surface area contributed by atoms with Gasteiger partial charge in [0.2, 0.25) is 0 Å². The molecule has 0 saturated carbocycles. The van der Waals surface area contributed by atoms with Crippen LogP contribution in [0.3, 0.4) is 0 Å². The molecule has 0 aliphatic rings. The number of hydrogen-bond donors (Lipinski definition) is 0. The average molecular weight is 384 g/mol. The number of nitrogens with zero attached hydrogens (tertiary/aromatic N) is 4. The van der Waals surface area contributed by atoms with E-state index < -0.39 is 15.8 Å². The van der Waals surface area contributed by atoms with Gasteiger partial charge in [-0.3, -0.25) is 25.0 Å². The molecule has 1 heterocycles. The third-order valence-electron chi connectivity index (χ3n) is 3.71. The Morgan fingerprint density at radius 3 is 2.52 bits per heavy atom. The molecule has 0 N–H and O–H groups in total. The Balaban J connectivity index is 1.91. The minimum absolute atomic E-state index is 0.0423. The highest BCUT2D eigenvalue weighted by Gasteiger charge is 2.10. The van der Waals surface area contributed by atoms with Gasteiger partial charge in [-0.25, -0.2) is 0 Å². The predicted octanol–water partition coefficient (Wildman–Crippen LogP) is 3.20. The average Bonchev–Trinajstić information content (AvgIpc) is 2.95. The molecule has 27 heavy (non-hydrogen) atoms. The van der Waals surface area contributed by atoms with Crippen molar-refractivity contribution >= 4 is 44.9 Å². The number of carbonyl (C=O) groups is 1. The van der Waals surface area contributed by atoms with Crippen molar-refractivity contribution in [3.05, 3.63) is 79.1 Å². The van der Waals surface area contributed by atoms with E-state index in [1.54, 1.807) is 23.7 Å². The fourth-order valence-corrected chi connectivity index (χ4v) is 3.38. The molecule has 0 aliphatic heterocycles. The van der Waals surface area contributed by atoms with Crippen LogP contribution in [0, 0.1) is 20.2 Å². The Hall–Kier alpha value is -3.66. The minimum atomic E-state index is -0.543. The summed E-state index contributed by atoms with van der Waals surface area (Å²) in [5.74, 6) is -0.543. The quantitative estimate of drug-likeness (QED) is 0.388. The number of nitro groups is 2. The summed E-state index contributed by atoms with van der Waals surface area (Å²) >= 11 is 1.23. The summed E-state index contributed by atoms with van der Waals surface area (Å²) in [6.45, 7) is 0. The first kappa shape index (κ1) is 18.1. The summed E-state index contributed by atoms with van der Waals surface area (Å²) in [5.41, 5.74) is 0.992. The van der Waals surface area contributed by atoms with E-state index >= 15 is 0 Å². The van der Waals surface area contributed by atoms with Gasteiger partial charge in [0.05, 0.1) is 20.1 Å². The molecule has 1 aromatic heterocycles. The van der Waals surface area contributed by atoms with Gasteiger partial charge in [-0.2, -0.15) is 4.99 Å². The number of amides is 1. The van der Waals surface area contributed by atoms with Crippen molar-refractivity contribution in [1.82, 2.24) is 4.57 Å². The van der Waals surface area contributed by atoms with E-state index in [1.807, 2.05) is 0 Å². The second kappa shape index (κ2) is 7.30. The van der Waals surface area contributed by atoms with Crippen LogP contribution in [0.4, 0.5) is 11.4 Å². The lowest BCUT2D eigenvalue weighted by Gasteiger charge is -1.95. The number of non-ortho nitro benzene ring substituents is 2. The number of aromatic nitrogens is 1. The number of aryl methyl sites for hydroxylation is 1. The molecule has 3 aromatic rings. The molecule has 0 atom stereocenters. The van der Waals surface area contributed by atoms with Crippen molar-refractivity contribution in [3.8, 4) is 0 Å². The lowest BCUT2D eigenvalue weighted by molar-refractivity contribution is -0.385. The third-order valence-corrected chi connectivity index (χ3v) is 4.82. The fraction of sp³-hybridized carbons (Fsp3) is 0.0588. The van der Waals surface area contributed by atoms with Gasteiger partial charge < -0.3 is 4.57 Å². The number of thiazole rings is 1. The highest BCUT2D eigenvalue weighted by Crippen LogP contribution is 2.22. The first-order valence-corrected chi connectivity index (χ1v) is 8.42. The van der Waals surface area contributed by atoms with Gasteiger partial charge in [-0.05, 0) is 17.7 Å². The third kappa shape index (κ3) is 3.96. The highest BCUT2D eigenvalue weighted by atomic mass is 32.1. The van der Waals surface area contributed by atoms with E-state index in [0.29, 0.717) is 15.9 Å². The molecule has 0 fully saturated rings. The van der Waals surface area contributed by atoms with E-state index in [4.69, 9.17) is 0 Å². The van der Waals surface area contributed by atoms with Crippen molar-refractivity contribution in [1.29, 1.82) is 0 Å². The second-order valence-electron chi connectivity index (χ2n) is 5.49. The van der Waals surface area contributed by atoms with Crippen LogP contribution in [0.1, 0.15) is 5.56 Å². The van der Waals surface area contributed by atoms with E-state index in [1.165, 1.54) is 53.8 Å². The molecular formula is C17H12N4O5S. The van der Waals surface area contributed by atoms with Crippen LogP contribution in [0.15, 0.2) is 53.5 Å². The minimum Gasteiger partial charge on any atom is -0.319 e. The lowest BCUT2D eigenvalue weighted by atomic mass is 10.2. The van der Waals surface area contributed by atoms with Crippen LogP contribution in [-0.4, -0.2) is 20.3 Å². The molecular weight excluding hydrogens is 372 g/mol. The Morgan fingerprint density at radius 2 is 1.81 bits per heavy atom. The topological polar surface area (TPSA) is 121 Å². The molecule has 136 valence electrons. The smallest absolute Gasteiger partial charge is 0.272 e. The van der Waals surface area contributed by atoms with Gasteiger partial charge in [0.25, 0.3) is 17.3 Å². The molecule has 1 amide bonds. The summed E-state index contributed by atoms with van der Waals surface area (Å²) < 4.78 is 2.36. The number of fused-ring (bicyclic) bond motifs is 1. The molecule has 3 rings (SSSR count). The Morgan fingerprint density at radius 1 is 1.11 bits per heavy atom. The largest absolute Gasteiger partial charge is 0.319 e. The summed E-state index contributed by atoms with van der Waals surface area (Å²) in [5, 5.41) is 21.7. The van der Waals surface area contributed by atoms with Crippen LogP contribution in [0.25, 0.3) is 16.3 Å². The highest BCUT2D eigenvalue weighted by molar-refractivity contribution is 7.16. The van der Waals surface area contributed by atoms with E-state index in [2.05, 4.69) is 4.99 Å². The van der Waals surface area contributed by atoms with Gasteiger partial charge in [-0.15, -0.1) is 0 Å². The number of carbonyl (C=O) groups excluding carboxylic acids is 1. The molecule has 0 radical (unpaired) electrons. The van der Waals surface area contributed by atoms with Gasteiger partial charge in [0.1, 0.15) is 0 Å². The second-order valence-corrected chi connectivity index (χ2v) is 6.50. The van der Waals surface area contributed by atoms with Gasteiger partial charge in [0.15, 0.2) is 4.80 Å². The molecule has 0 aliphatic carbocycles. The lowest BCUT2D eigenvalue weighted by Crippen LogP contribution is -2.12. The SMILES string of the molecule is Cn1c(=NC(=O)C=Cc2cccc([N+](=O)[O-])c2)sc2ccc([N+](=O)[O-])cc21. The molecule has 0 saturated heterocycles. The Bertz CT molecular complexity index is 1180. The zero-order chi connectivity index (χ0) is 19.6. The summed E-state index contributed by atoms with van der Waals surface area (Å²) in [4.78, 5) is 37.2. The van der Waals surface area contributed by atoms with Crippen molar-refractivity contribution in [2.45, 2.75) is 0 Å². The van der Waals surface area contributed by atoms with Gasteiger partial charge >= 0.3 is 0 Å². The first-order valence-electron chi connectivity index (χ1n) is 7.60. The number of rotatable bonds is 4. The monoisotopic (exact) mass is 384 g/mol. The Labute approximate surface area is 155 Å². The zero-order valence-corrected chi connectivity index (χ0v) is 14.8. The zero-order valence-electron chi connectivity index (χ0n) is 13.9. The maximum Gasteiger partial charge on any atom is 0.272 e. The molecule has 0 spiro atoms. The van der Waals surface area contributed by atoms with Crippen molar-refractivity contribution in [2.75, 3.05) is 0 Å². The van der Waals surface area contributed by atoms with Crippen molar-refractivity contribution in [3.63, 3.8) is 0 Å². The maximum atomic E-state index is 12.1. The molecule has 0 unspecified atom stereocenters. The van der Waals surface area contributed by atoms with E-state index in [9.17, 15) is 25.0 Å².